The number of fused-ring (bicyclic) bond motifs is 1. The predicted octanol–water partition coefficient (Wildman–Crippen LogP) is 4.86. The van der Waals surface area contributed by atoms with Crippen molar-refractivity contribution < 1.29 is 22.0 Å². The van der Waals surface area contributed by atoms with Crippen molar-refractivity contribution >= 4 is 33.3 Å². The molecule has 13 heteroatoms. The standard InChI is InChI=1S/C30H43F2N7O3S/c1-6-9-21(14-24(33)17-35-43(5,41)42)28(40)36-20(3)13-26(10-7-2)39-18-22-16-34-29(38-27(22)19-39)37-25-12-8-11-23(15-25)30(4,31)32/h6,8-9,11-12,15-16,20-21,26,33,35H,7,10,13-14,17-19H2,1-5H3,(H,36,40)(H,34,37,38)/b9-6-,33-24?/t20-,21?,26+/m1/s1. The Morgan fingerprint density at radius 3 is 2.67 bits per heavy atom. The lowest BCUT2D eigenvalue weighted by molar-refractivity contribution is -0.124. The zero-order valence-electron chi connectivity index (χ0n) is 25.5. The molecular formula is C30H43F2N7O3S. The lowest BCUT2D eigenvalue weighted by atomic mass is 9.98. The van der Waals surface area contributed by atoms with Gasteiger partial charge in [0, 0.05) is 73.8 Å². The normalized spacial score (nSPS) is 16.1. The summed E-state index contributed by atoms with van der Waals surface area (Å²) >= 11 is 0. The Bertz CT molecular complexity index is 1410. The lowest BCUT2D eigenvalue weighted by Gasteiger charge is -2.30. The van der Waals surface area contributed by atoms with Crippen LogP contribution in [-0.4, -0.2) is 59.8 Å². The molecule has 0 bridgehead atoms. The fourth-order valence-corrected chi connectivity index (χ4v) is 5.57. The quantitative estimate of drug-likeness (QED) is 0.155. The van der Waals surface area contributed by atoms with E-state index in [0.29, 0.717) is 31.1 Å². The van der Waals surface area contributed by atoms with Crippen molar-refractivity contribution in [1.29, 1.82) is 5.41 Å². The van der Waals surface area contributed by atoms with Gasteiger partial charge >= 0.3 is 0 Å². The minimum Gasteiger partial charge on any atom is -0.353 e. The molecule has 1 aliphatic rings. The van der Waals surface area contributed by atoms with E-state index in [1.54, 1.807) is 37.4 Å². The Balaban J connectivity index is 1.61. The Morgan fingerprint density at radius 2 is 2.02 bits per heavy atom. The first-order valence-corrected chi connectivity index (χ1v) is 16.4. The van der Waals surface area contributed by atoms with Gasteiger partial charge < -0.3 is 16.0 Å². The highest BCUT2D eigenvalue weighted by Crippen LogP contribution is 2.30. The second kappa shape index (κ2) is 14.9. The summed E-state index contributed by atoms with van der Waals surface area (Å²) in [7, 11) is -3.43. The molecule has 1 aromatic heterocycles. The molecule has 1 amide bonds. The number of nitrogens with one attached hydrogen (secondary N) is 4. The highest BCUT2D eigenvalue weighted by molar-refractivity contribution is 7.88. The molecule has 1 aromatic carbocycles. The number of aromatic nitrogens is 2. The van der Waals surface area contributed by atoms with E-state index < -0.39 is 21.9 Å². The molecule has 0 aliphatic carbocycles. The van der Waals surface area contributed by atoms with E-state index in [0.717, 1.165) is 37.3 Å². The lowest BCUT2D eigenvalue weighted by Crippen LogP contribution is -2.42. The zero-order chi connectivity index (χ0) is 31.8. The summed E-state index contributed by atoms with van der Waals surface area (Å²) < 4.78 is 52.5. The Kier molecular flexibility index (Phi) is 11.9. The van der Waals surface area contributed by atoms with Crippen LogP contribution in [0.15, 0.2) is 42.6 Å². The van der Waals surface area contributed by atoms with Crippen molar-refractivity contribution in [2.75, 3.05) is 18.1 Å². The number of amides is 1. The van der Waals surface area contributed by atoms with Crippen molar-refractivity contribution in [1.82, 2.24) is 24.9 Å². The van der Waals surface area contributed by atoms with Crippen LogP contribution >= 0.6 is 0 Å². The van der Waals surface area contributed by atoms with Gasteiger partial charge in [-0.15, -0.1) is 0 Å². The first-order chi connectivity index (χ1) is 20.2. The Labute approximate surface area is 253 Å². The average molecular weight is 620 g/mol. The van der Waals surface area contributed by atoms with Gasteiger partial charge in [-0.2, -0.15) is 0 Å². The van der Waals surface area contributed by atoms with Crippen LogP contribution in [0.2, 0.25) is 0 Å². The van der Waals surface area contributed by atoms with Crippen LogP contribution in [0.3, 0.4) is 0 Å². The van der Waals surface area contributed by atoms with Gasteiger partial charge in [-0.05, 0) is 38.8 Å². The van der Waals surface area contributed by atoms with E-state index in [2.05, 4.69) is 37.1 Å². The van der Waals surface area contributed by atoms with Crippen LogP contribution in [0.5, 0.6) is 0 Å². The third-order valence-electron chi connectivity index (χ3n) is 7.23. The largest absolute Gasteiger partial charge is 0.353 e. The second-order valence-electron chi connectivity index (χ2n) is 11.3. The minimum atomic E-state index is -3.43. The van der Waals surface area contributed by atoms with Crippen molar-refractivity contribution in [2.45, 2.75) is 84.5 Å². The van der Waals surface area contributed by atoms with Crippen molar-refractivity contribution in [3.05, 3.63) is 59.4 Å². The van der Waals surface area contributed by atoms with Crippen LogP contribution in [0, 0.1) is 11.3 Å². The average Bonchev–Trinajstić information content (AvgIpc) is 3.34. The maximum Gasteiger partial charge on any atom is 0.270 e. The molecular weight excluding hydrogens is 576 g/mol. The highest BCUT2D eigenvalue weighted by Gasteiger charge is 2.29. The molecule has 0 radical (unpaired) electrons. The molecule has 0 spiro atoms. The summed E-state index contributed by atoms with van der Waals surface area (Å²) in [5.74, 6) is -3.39. The summed E-state index contributed by atoms with van der Waals surface area (Å²) in [6, 6.07) is 6.08. The van der Waals surface area contributed by atoms with Crippen LogP contribution in [-0.2, 0) is 33.8 Å². The second-order valence-corrected chi connectivity index (χ2v) is 13.1. The van der Waals surface area contributed by atoms with E-state index >= 15 is 0 Å². The number of sulfonamides is 1. The molecule has 43 heavy (non-hydrogen) atoms. The number of nitrogens with zero attached hydrogens (tertiary/aromatic N) is 3. The van der Waals surface area contributed by atoms with Gasteiger partial charge in [0.25, 0.3) is 5.92 Å². The molecule has 2 heterocycles. The fraction of sp³-hybridized carbons (Fsp3) is 0.533. The molecule has 236 valence electrons. The number of anilines is 2. The van der Waals surface area contributed by atoms with Crippen LogP contribution in [0.1, 0.15) is 70.2 Å². The molecule has 0 saturated carbocycles. The first kappa shape index (κ1) is 34.2. The molecule has 3 rings (SSSR count). The summed E-state index contributed by atoms with van der Waals surface area (Å²) in [5, 5.41) is 14.2. The molecule has 4 N–H and O–H groups in total. The number of benzene rings is 1. The highest BCUT2D eigenvalue weighted by atomic mass is 32.2. The van der Waals surface area contributed by atoms with E-state index in [4.69, 9.17) is 5.41 Å². The summed E-state index contributed by atoms with van der Waals surface area (Å²) in [5.41, 5.74) is 2.40. The van der Waals surface area contributed by atoms with E-state index in [1.165, 1.54) is 12.1 Å². The van der Waals surface area contributed by atoms with Crippen molar-refractivity contribution in [3.63, 3.8) is 0 Å². The summed E-state index contributed by atoms with van der Waals surface area (Å²) in [4.78, 5) is 24.5. The first-order valence-electron chi connectivity index (χ1n) is 14.5. The number of alkyl halides is 2. The molecule has 2 aromatic rings. The number of carbonyl (C=O) groups is 1. The van der Waals surface area contributed by atoms with Crippen molar-refractivity contribution in [2.24, 2.45) is 5.92 Å². The molecule has 0 saturated heterocycles. The van der Waals surface area contributed by atoms with Gasteiger partial charge in [0.2, 0.25) is 21.9 Å². The molecule has 0 fully saturated rings. The number of carbonyl (C=O) groups excluding carboxylic acids is 1. The monoisotopic (exact) mass is 619 g/mol. The maximum atomic E-state index is 13.8. The Hall–Kier alpha value is -3.29. The summed E-state index contributed by atoms with van der Waals surface area (Å²) in [6.45, 7) is 7.89. The minimum absolute atomic E-state index is 0.0901. The number of hydrogen-bond acceptors (Lipinski definition) is 8. The number of halogens is 2. The van der Waals surface area contributed by atoms with E-state index in [1.807, 2.05) is 6.92 Å². The number of allylic oxidation sites excluding steroid dienone is 1. The van der Waals surface area contributed by atoms with Crippen LogP contribution in [0.25, 0.3) is 0 Å². The van der Waals surface area contributed by atoms with Gasteiger partial charge in [-0.1, -0.05) is 37.6 Å². The van der Waals surface area contributed by atoms with Crippen molar-refractivity contribution in [3.8, 4) is 0 Å². The molecule has 1 aliphatic heterocycles. The van der Waals surface area contributed by atoms with Crippen LogP contribution < -0.4 is 15.4 Å². The van der Waals surface area contributed by atoms with Gasteiger partial charge in [0.1, 0.15) is 0 Å². The van der Waals surface area contributed by atoms with E-state index in [9.17, 15) is 22.0 Å². The molecule has 3 atom stereocenters. The number of rotatable bonds is 16. The number of hydrogen-bond donors (Lipinski definition) is 4. The van der Waals surface area contributed by atoms with Gasteiger partial charge in [-0.25, -0.2) is 31.9 Å². The molecule has 10 nitrogen and oxygen atoms in total. The smallest absolute Gasteiger partial charge is 0.270 e. The van der Waals surface area contributed by atoms with E-state index in [-0.39, 0.29) is 42.2 Å². The van der Waals surface area contributed by atoms with Gasteiger partial charge in [0.15, 0.2) is 0 Å². The predicted molar refractivity (Wildman–Crippen MR) is 165 cm³/mol. The Morgan fingerprint density at radius 1 is 1.28 bits per heavy atom. The van der Waals surface area contributed by atoms with Gasteiger partial charge in [0.05, 0.1) is 17.9 Å². The topological polar surface area (TPSA) is 140 Å². The van der Waals surface area contributed by atoms with Crippen LogP contribution in [0.4, 0.5) is 20.4 Å². The summed E-state index contributed by atoms with van der Waals surface area (Å²) in [6.07, 6.45) is 8.99. The zero-order valence-corrected chi connectivity index (χ0v) is 26.3. The molecule has 1 unspecified atom stereocenters. The fourth-order valence-electron chi connectivity index (χ4n) is 5.13. The SMILES string of the molecule is C/C=C\C(CC(=N)CNS(C)(=O)=O)C(=O)N[C@H](C)C[C@H](CCC)N1Cc2cnc(Nc3cccc(C(C)(F)F)c3)nc2C1. The third-order valence-corrected chi connectivity index (χ3v) is 7.90. The maximum absolute atomic E-state index is 13.8. The van der Waals surface area contributed by atoms with Gasteiger partial charge in [-0.3, -0.25) is 9.69 Å². The third kappa shape index (κ3) is 10.7.